The summed E-state index contributed by atoms with van der Waals surface area (Å²) in [6.45, 7) is 1.91. The molecule has 3 nitrogen and oxygen atoms in total. The molecular weight excluding hydrogens is 294 g/mol. The molecule has 1 aliphatic rings. The zero-order valence-electron chi connectivity index (χ0n) is 11.5. The van der Waals surface area contributed by atoms with Crippen molar-refractivity contribution >= 4 is 23.7 Å². The molecule has 20 heavy (non-hydrogen) atoms. The van der Waals surface area contributed by atoms with Gasteiger partial charge in [0.1, 0.15) is 6.10 Å². The van der Waals surface area contributed by atoms with Gasteiger partial charge in [0.25, 0.3) is 0 Å². The normalized spacial score (nSPS) is 18.0. The Morgan fingerprint density at radius 3 is 2.70 bits per heavy atom. The third kappa shape index (κ3) is 2.92. The van der Waals surface area contributed by atoms with E-state index >= 15 is 0 Å². The molecule has 1 aromatic carbocycles. The summed E-state index contributed by atoms with van der Waals surface area (Å²) in [6.07, 6.45) is 0.0880. The summed E-state index contributed by atoms with van der Waals surface area (Å²) >= 11 is 1.78. The monoisotopic (exact) mass is 311 g/mol. The van der Waals surface area contributed by atoms with Crippen molar-refractivity contribution in [1.82, 2.24) is 4.90 Å². The summed E-state index contributed by atoms with van der Waals surface area (Å²) in [5, 5.41) is 2.14. The molecule has 2 heterocycles. The van der Waals surface area contributed by atoms with Crippen LogP contribution in [-0.4, -0.2) is 25.6 Å². The predicted octanol–water partition coefficient (Wildman–Crippen LogP) is 3.74. The molecule has 0 fully saturated rings. The highest BCUT2D eigenvalue weighted by molar-refractivity contribution is 7.10. The number of thiophene rings is 1. The lowest BCUT2D eigenvalue weighted by molar-refractivity contribution is 0.129. The first-order valence-electron chi connectivity index (χ1n) is 6.32. The average molecular weight is 312 g/mol. The number of ether oxygens (including phenoxy) is 2. The van der Waals surface area contributed by atoms with Crippen molar-refractivity contribution in [2.45, 2.75) is 12.6 Å². The third-order valence-electron chi connectivity index (χ3n) is 3.33. The van der Waals surface area contributed by atoms with Crippen LogP contribution in [0.25, 0.3) is 0 Å². The van der Waals surface area contributed by atoms with Crippen LogP contribution in [0.15, 0.2) is 35.7 Å². The number of fused-ring (bicyclic) bond motifs is 1. The van der Waals surface area contributed by atoms with Crippen molar-refractivity contribution in [3.63, 3.8) is 0 Å². The van der Waals surface area contributed by atoms with Crippen LogP contribution in [0.2, 0.25) is 0 Å². The number of likely N-dealkylation sites (N-methyl/N-ethyl adjacent to an activating group) is 1. The van der Waals surface area contributed by atoms with E-state index in [0.717, 1.165) is 24.6 Å². The van der Waals surface area contributed by atoms with E-state index in [0.29, 0.717) is 0 Å². The highest BCUT2D eigenvalue weighted by Crippen LogP contribution is 2.36. The second kappa shape index (κ2) is 6.48. The molecule has 2 aromatic rings. The molecule has 0 saturated carbocycles. The summed E-state index contributed by atoms with van der Waals surface area (Å²) in [5.74, 6) is 1.60. The molecule has 1 unspecified atom stereocenters. The van der Waals surface area contributed by atoms with E-state index in [2.05, 4.69) is 23.4 Å². The van der Waals surface area contributed by atoms with Gasteiger partial charge in [0.2, 0.25) is 0 Å². The smallest absolute Gasteiger partial charge is 0.162 e. The van der Waals surface area contributed by atoms with Gasteiger partial charge in [-0.15, -0.1) is 23.7 Å². The maximum Gasteiger partial charge on any atom is 0.162 e. The SMILES string of the molecule is COc1ccccc1OC1CN(C)Cc2ccsc21.Cl. The lowest BCUT2D eigenvalue weighted by Gasteiger charge is -2.30. The Morgan fingerprint density at radius 1 is 1.20 bits per heavy atom. The number of benzene rings is 1. The minimum atomic E-state index is 0. The van der Waals surface area contributed by atoms with E-state index in [-0.39, 0.29) is 18.5 Å². The second-order valence-corrected chi connectivity index (χ2v) is 5.71. The molecule has 5 heteroatoms. The molecule has 1 aromatic heterocycles. The first-order chi connectivity index (χ1) is 9.28. The minimum Gasteiger partial charge on any atom is -0.493 e. The molecule has 3 rings (SSSR count). The molecule has 108 valence electrons. The molecule has 0 aliphatic carbocycles. The van der Waals surface area contributed by atoms with Crippen LogP contribution in [0.3, 0.4) is 0 Å². The lowest BCUT2D eigenvalue weighted by Crippen LogP contribution is -2.31. The number of rotatable bonds is 3. The maximum atomic E-state index is 6.18. The Balaban J connectivity index is 0.00000147. The highest BCUT2D eigenvalue weighted by atomic mass is 35.5. The Hall–Kier alpha value is -1.23. The van der Waals surface area contributed by atoms with Crippen LogP contribution in [0.4, 0.5) is 0 Å². The summed E-state index contributed by atoms with van der Waals surface area (Å²) in [4.78, 5) is 3.62. The number of hydrogen-bond donors (Lipinski definition) is 0. The van der Waals surface area contributed by atoms with E-state index in [4.69, 9.17) is 9.47 Å². The van der Waals surface area contributed by atoms with E-state index in [1.54, 1.807) is 18.4 Å². The molecule has 0 radical (unpaired) electrons. The third-order valence-corrected chi connectivity index (χ3v) is 4.38. The van der Waals surface area contributed by atoms with Gasteiger partial charge >= 0.3 is 0 Å². The fourth-order valence-electron chi connectivity index (χ4n) is 2.44. The van der Waals surface area contributed by atoms with Crippen molar-refractivity contribution in [2.24, 2.45) is 0 Å². The fraction of sp³-hybridized carbons (Fsp3) is 0.333. The first-order valence-corrected chi connectivity index (χ1v) is 7.20. The molecule has 1 aliphatic heterocycles. The zero-order valence-corrected chi connectivity index (χ0v) is 13.2. The van der Waals surface area contributed by atoms with E-state index in [9.17, 15) is 0 Å². The van der Waals surface area contributed by atoms with Gasteiger partial charge in [0.05, 0.1) is 12.0 Å². The molecule has 0 amide bonds. The standard InChI is InChI=1S/C15H17NO2S.ClH/c1-16-9-11-7-8-19-15(11)14(10-16)18-13-6-4-3-5-12(13)17-2;/h3-8,14H,9-10H2,1-2H3;1H. The van der Waals surface area contributed by atoms with Crippen molar-refractivity contribution < 1.29 is 9.47 Å². The van der Waals surface area contributed by atoms with Crippen LogP contribution in [-0.2, 0) is 6.54 Å². The number of nitrogens with zero attached hydrogens (tertiary/aromatic N) is 1. The van der Waals surface area contributed by atoms with E-state index in [1.807, 2.05) is 24.3 Å². The van der Waals surface area contributed by atoms with Gasteiger partial charge in [-0.25, -0.2) is 0 Å². The van der Waals surface area contributed by atoms with Crippen molar-refractivity contribution in [1.29, 1.82) is 0 Å². The molecule has 1 atom stereocenters. The van der Waals surface area contributed by atoms with Crippen LogP contribution < -0.4 is 9.47 Å². The molecule has 0 spiro atoms. The van der Waals surface area contributed by atoms with Gasteiger partial charge in [-0.1, -0.05) is 12.1 Å². The summed E-state index contributed by atoms with van der Waals surface area (Å²) < 4.78 is 11.5. The van der Waals surface area contributed by atoms with Crippen molar-refractivity contribution in [3.05, 3.63) is 46.2 Å². The number of hydrogen-bond acceptors (Lipinski definition) is 4. The summed E-state index contributed by atoms with van der Waals surface area (Å²) in [5.41, 5.74) is 1.37. The van der Waals surface area contributed by atoms with E-state index in [1.165, 1.54) is 10.4 Å². The van der Waals surface area contributed by atoms with Crippen LogP contribution in [0.1, 0.15) is 16.5 Å². The second-order valence-electron chi connectivity index (χ2n) is 4.76. The number of methoxy groups -OCH3 is 1. The Labute approximate surface area is 129 Å². The molecular formula is C15H18ClNO2S. The topological polar surface area (TPSA) is 21.7 Å². The minimum absolute atomic E-state index is 0. The van der Waals surface area contributed by atoms with Crippen LogP contribution in [0.5, 0.6) is 11.5 Å². The lowest BCUT2D eigenvalue weighted by atomic mass is 10.1. The fourth-order valence-corrected chi connectivity index (χ4v) is 3.38. The molecule has 0 bridgehead atoms. The molecule has 0 saturated heterocycles. The van der Waals surface area contributed by atoms with Crippen molar-refractivity contribution in [3.8, 4) is 11.5 Å². The van der Waals surface area contributed by atoms with Crippen molar-refractivity contribution in [2.75, 3.05) is 20.7 Å². The van der Waals surface area contributed by atoms with Gasteiger partial charge in [-0.2, -0.15) is 0 Å². The quantitative estimate of drug-likeness (QED) is 0.862. The predicted molar refractivity (Wildman–Crippen MR) is 84.3 cm³/mol. The maximum absolute atomic E-state index is 6.18. The largest absolute Gasteiger partial charge is 0.493 e. The van der Waals surface area contributed by atoms with Gasteiger partial charge < -0.3 is 9.47 Å². The molecule has 0 N–H and O–H groups in total. The van der Waals surface area contributed by atoms with Gasteiger partial charge in [-0.05, 0) is 36.2 Å². The van der Waals surface area contributed by atoms with Gasteiger partial charge in [0.15, 0.2) is 11.5 Å². The number of para-hydroxylation sites is 2. The average Bonchev–Trinajstić information content (AvgIpc) is 2.87. The van der Waals surface area contributed by atoms with Gasteiger partial charge in [0, 0.05) is 13.1 Å². The summed E-state index contributed by atoms with van der Waals surface area (Å²) in [7, 11) is 3.80. The highest BCUT2D eigenvalue weighted by Gasteiger charge is 2.26. The van der Waals surface area contributed by atoms with E-state index < -0.39 is 0 Å². The number of halogens is 1. The zero-order chi connectivity index (χ0) is 13.2. The Kier molecular flexibility index (Phi) is 4.91. The summed E-state index contributed by atoms with van der Waals surface area (Å²) in [6, 6.07) is 10.0. The first kappa shape index (κ1) is 15.2. The van der Waals surface area contributed by atoms with Gasteiger partial charge in [-0.3, -0.25) is 4.90 Å². The van der Waals surface area contributed by atoms with Crippen LogP contribution in [0, 0.1) is 0 Å². The Bertz CT molecular complexity index is 573. The van der Waals surface area contributed by atoms with Crippen LogP contribution >= 0.6 is 23.7 Å². The Morgan fingerprint density at radius 2 is 1.95 bits per heavy atom.